The standard InChI is InChI=1S/C15H25F3N2O.ClH/c16-15(17,18)13-3-1-2-12(8-13)10-20-14(21)5-4-11-6-7-19-9-11;/h11-13,19H,1-10H2,(H,20,21);1H. The molecule has 2 fully saturated rings. The van der Waals surface area contributed by atoms with Crippen LogP contribution in [0.2, 0.25) is 0 Å². The number of carbonyl (C=O) groups is 1. The summed E-state index contributed by atoms with van der Waals surface area (Å²) in [5.41, 5.74) is 0. The largest absolute Gasteiger partial charge is 0.391 e. The van der Waals surface area contributed by atoms with Crippen molar-refractivity contribution in [3.63, 3.8) is 0 Å². The number of carbonyl (C=O) groups excluding carboxylic acids is 1. The molecule has 0 aromatic rings. The average molecular weight is 343 g/mol. The number of halogens is 4. The predicted molar refractivity (Wildman–Crippen MR) is 82.0 cm³/mol. The van der Waals surface area contributed by atoms with E-state index in [1.54, 1.807) is 0 Å². The lowest BCUT2D eigenvalue weighted by Crippen LogP contribution is -2.35. The first-order valence-electron chi connectivity index (χ1n) is 7.99. The summed E-state index contributed by atoms with van der Waals surface area (Å²) in [7, 11) is 0. The van der Waals surface area contributed by atoms with Crippen molar-refractivity contribution in [1.29, 1.82) is 0 Å². The Hall–Kier alpha value is -0.490. The van der Waals surface area contributed by atoms with E-state index in [1.165, 1.54) is 0 Å². The molecule has 1 aliphatic carbocycles. The Bertz CT molecular complexity index is 346. The summed E-state index contributed by atoms with van der Waals surface area (Å²) >= 11 is 0. The molecular weight excluding hydrogens is 317 g/mol. The molecule has 130 valence electrons. The van der Waals surface area contributed by atoms with Crippen LogP contribution in [0.5, 0.6) is 0 Å². The van der Waals surface area contributed by atoms with Crippen LogP contribution in [0, 0.1) is 17.8 Å². The summed E-state index contributed by atoms with van der Waals surface area (Å²) in [6.07, 6.45) is 0.189. The van der Waals surface area contributed by atoms with Crippen molar-refractivity contribution in [2.45, 2.75) is 51.1 Å². The van der Waals surface area contributed by atoms with Crippen molar-refractivity contribution in [2.24, 2.45) is 17.8 Å². The van der Waals surface area contributed by atoms with Crippen LogP contribution in [0.3, 0.4) is 0 Å². The van der Waals surface area contributed by atoms with Crippen LogP contribution < -0.4 is 10.6 Å². The summed E-state index contributed by atoms with van der Waals surface area (Å²) in [4.78, 5) is 11.8. The Morgan fingerprint density at radius 3 is 2.59 bits per heavy atom. The van der Waals surface area contributed by atoms with E-state index in [4.69, 9.17) is 0 Å². The molecule has 1 aliphatic heterocycles. The van der Waals surface area contributed by atoms with Crippen LogP contribution in [0.15, 0.2) is 0 Å². The second-order valence-corrected chi connectivity index (χ2v) is 6.47. The minimum atomic E-state index is -4.09. The molecule has 3 unspecified atom stereocenters. The Morgan fingerprint density at radius 2 is 1.95 bits per heavy atom. The van der Waals surface area contributed by atoms with E-state index in [-0.39, 0.29) is 37.1 Å². The molecule has 2 aliphatic rings. The van der Waals surface area contributed by atoms with Gasteiger partial charge in [-0.05, 0) is 57.0 Å². The summed E-state index contributed by atoms with van der Waals surface area (Å²) in [5.74, 6) is -0.656. The third kappa shape index (κ3) is 6.32. The van der Waals surface area contributed by atoms with E-state index in [0.29, 0.717) is 25.3 Å². The summed E-state index contributed by atoms with van der Waals surface area (Å²) < 4.78 is 38.1. The van der Waals surface area contributed by atoms with Gasteiger partial charge < -0.3 is 10.6 Å². The zero-order valence-corrected chi connectivity index (χ0v) is 13.6. The molecule has 2 rings (SSSR count). The van der Waals surface area contributed by atoms with Gasteiger partial charge in [0.15, 0.2) is 0 Å². The first-order valence-corrected chi connectivity index (χ1v) is 7.99. The van der Waals surface area contributed by atoms with Gasteiger partial charge in [0.05, 0.1) is 5.92 Å². The van der Waals surface area contributed by atoms with Crippen molar-refractivity contribution >= 4 is 18.3 Å². The van der Waals surface area contributed by atoms with Gasteiger partial charge >= 0.3 is 6.18 Å². The Balaban J connectivity index is 0.00000242. The molecule has 3 atom stereocenters. The lowest BCUT2D eigenvalue weighted by atomic mass is 9.81. The molecule has 7 heteroatoms. The van der Waals surface area contributed by atoms with Crippen LogP contribution in [-0.4, -0.2) is 31.7 Å². The highest BCUT2D eigenvalue weighted by atomic mass is 35.5. The number of rotatable bonds is 5. The molecule has 0 radical (unpaired) electrons. The summed E-state index contributed by atoms with van der Waals surface area (Å²) in [5, 5.41) is 6.08. The topological polar surface area (TPSA) is 41.1 Å². The van der Waals surface area contributed by atoms with E-state index < -0.39 is 12.1 Å². The van der Waals surface area contributed by atoms with Gasteiger partial charge in [-0.25, -0.2) is 0 Å². The summed E-state index contributed by atoms with van der Waals surface area (Å²) in [6, 6.07) is 0. The maximum absolute atomic E-state index is 12.7. The smallest absolute Gasteiger partial charge is 0.356 e. The molecular formula is C15H26ClF3N2O. The second kappa shape index (κ2) is 8.96. The van der Waals surface area contributed by atoms with Gasteiger partial charge in [0.2, 0.25) is 5.91 Å². The molecule has 0 bridgehead atoms. The van der Waals surface area contributed by atoms with Crippen molar-refractivity contribution in [3.8, 4) is 0 Å². The SMILES string of the molecule is Cl.O=C(CCC1CCNC1)NCC1CCCC(C(F)(F)F)C1. The minimum Gasteiger partial charge on any atom is -0.356 e. The number of hydrogen-bond acceptors (Lipinski definition) is 2. The van der Waals surface area contributed by atoms with E-state index in [9.17, 15) is 18.0 Å². The fourth-order valence-corrected chi connectivity index (χ4v) is 3.42. The lowest BCUT2D eigenvalue weighted by Gasteiger charge is -2.30. The molecule has 22 heavy (non-hydrogen) atoms. The van der Waals surface area contributed by atoms with Gasteiger partial charge in [0.1, 0.15) is 0 Å². The van der Waals surface area contributed by atoms with E-state index in [1.807, 2.05) is 0 Å². The maximum Gasteiger partial charge on any atom is 0.391 e. The van der Waals surface area contributed by atoms with Gasteiger partial charge in [-0.15, -0.1) is 12.4 Å². The van der Waals surface area contributed by atoms with Gasteiger partial charge in [0, 0.05) is 13.0 Å². The zero-order chi connectivity index (χ0) is 15.3. The van der Waals surface area contributed by atoms with Gasteiger partial charge in [-0.3, -0.25) is 4.79 Å². The van der Waals surface area contributed by atoms with Crippen LogP contribution in [0.1, 0.15) is 44.9 Å². The fourth-order valence-electron chi connectivity index (χ4n) is 3.42. The van der Waals surface area contributed by atoms with Crippen molar-refractivity contribution in [2.75, 3.05) is 19.6 Å². The molecule has 0 spiro atoms. The van der Waals surface area contributed by atoms with Gasteiger partial charge in [-0.1, -0.05) is 6.42 Å². The highest BCUT2D eigenvalue weighted by Crippen LogP contribution is 2.39. The van der Waals surface area contributed by atoms with Crippen LogP contribution in [0.25, 0.3) is 0 Å². The highest BCUT2D eigenvalue weighted by Gasteiger charge is 2.42. The van der Waals surface area contributed by atoms with Crippen LogP contribution in [0.4, 0.5) is 13.2 Å². The highest BCUT2D eigenvalue weighted by molar-refractivity contribution is 5.85. The monoisotopic (exact) mass is 342 g/mol. The number of amides is 1. The third-order valence-corrected chi connectivity index (χ3v) is 4.78. The normalized spacial score (nSPS) is 29.0. The molecule has 3 nitrogen and oxygen atoms in total. The minimum absolute atomic E-state index is 0. The van der Waals surface area contributed by atoms with E-state index in [2.05, 4.69) is 10.6 Å². The number of nitrogens with one attached hydrogen (secondary N) is 2. The molecule has 1 saturated heterocycles. The maximum atomic E-state index is 12.7. The molecule has 0 aromatic carbocycles. The van der Waals surface area contributed by atoms with Crippen molar-refractivity contribution in [1.82, 2.24) is 10.6 Å². The molecule has 1 amide bonds. The van der Waals surface area contributed by atoms with Crippen molar-refractivity contribution < 1.29 is 18.0 Å². The molecule has 2 N–H and O–H groups in total. The second-order valence-electron chi connectivity index (χ2n) is 6.47. The first kappa shape index (κ1) is 19.6. The van der Waals surface area contributed by atoms with E-state index in [0.717, 1.165) is 32.4 Å². The van der Waals surface area contributed by atoms with Gasteiger partial charge in [-0.2, -0.15) is 13.2 Å². The first-order chi connectivity index (χ1) is 9.95. The fraction of sp³-hybridized carbons (Fsp3) is 0.933. The number of hydrogen-bond donors (Lipinski definition) is 2. The Morgan fingerprint density at radius 1 is 1.18 bits per heavy atom. The van der Waals surface area contributed by atoms with Gasteiger partial charge in [0.25, 0.3) is 0 Å². The zero-order valence-electron chi connectivity index (χ0n) is 12.8. The number of alkyl halides is 3. The van der Waals surface area contributed by atoms with Crippen LogP contribution in [-0.2, 0) is 4.79 Å². The lowest BCUT2D eigenvalue weighted by molar-refractivity contribution is -0.185. The molecule has 0 aromatic heterocycles. The average Bonchev–Trinajstić information content (AvgIpc) is 2.95. The molecule has 1 saturated carbocycles. The van der Waals surface area contributed by atoms with E-state index >= 15 is 0 Å². The Labute approximate surface area is 136 Å². The predicted octanol–water partition coefficient (Wildman–Crippen LogP) is 3.28. The summed E-state index contributed by atoms with van der Waals surface area (Å²) in [6.45, 7) is 2.39. The van der Waals surface area contributed by atoms with Crippen molar-refractivity contribution in [3.05, 3.63) is 0 Å². The van der Waals surface area contributed by atoms with Crippen LogP contribution >= 0.6 is 12.4 Å². The Kier molecular flexibility index (Phi) is 7.97. The quantitative estimate of drug-likeness (QED) is 0.805. The molecule has 1 heterocycles. The third-order valence-electron chi connectivity index (χ3n) is 4.78.